The van der Waals surface area contributed by atoms with Gasteiger partial charge in [0.25, 0.3) is 0 Å². The number of piperidine rings is 1. The number of amides is 1. The van der Waals surface area contributed by atoms with Crippen LogP contribution < -0.4 is 0 Å². The summed E-state index contributed by atoms with van der Waals surface area (Å²) in [5, 5.41) is 1.15. The molecule has 0 unspecified atom stereocenters. The zero-order chi connectivity index (χ0) is 14.1. The van der Waals surface area contributed by atoms with Crippen LogP contribution in [0.15, 0.2) is 24.4 Å². The van der Waals surface area contributed by atoms with Crippen molar-refractivity contribution in [2.45, 2.75) is 32.6 Å². The fourth-order valence-electron chi connectivity index (χ4n) is 3.00. The van der Waals surface area contributed by atoms with Crippen LogP contribution in [0.1, 0.15) is 38.3 Å². The van der Waals surface area contributed by atoms with Crippen molar-refractivity contribution in [3.63, 3.8) is 0 Å². The molecular weight excluding hydrogens is 250 g/mol. The van der Waals surface area contributed by atoms with Gasteiger partial charge < -0.3 is 9.88 Å². The number of aromatic nitrogens is 2. The summed E-state index contributed by atoms with van der Waals surface area (Å²) in [4.78, 5) is 21.9. The normalized spacial score (nSPS) is 19.8. The highest BCUT2D eigenvalue weighted by Crippen LogP contribution is 2.28. The lowest BCUT2D eigenvalue weighted by Gasteiger charge is -2.33. The maximum atomic E-state index is 12.2. The number of carbonyl (C=O) groups is 1. The monoisotopic (exact) mass is 271 g/mol. The number of rotatable bonds is 2. The minimum absolute atomic E-state index is 0.0816. The Morgan fingerprint density at radius 1 is 1.50 bits per heavy atom. The Labute approximate surface area is 119 Å². The first-order valence-corrected chi connectivity index (χ1v) is 7.37. The molecule has 0 aromatic carbocycles. The highest BCUT2D eigenvalue weighted by Gasteiger charge is 2.26. The Morgan fingerprint density at radius 3 is 3.10 bits per heavy atom. The lowest BCUT2D eigenvalue weighted by atomic mass is 9.94. The van der Waals surface area contributed by atoms with E-state index in [4.69, 9.17) is 0 Å². The number of likely N-dealkylation sites (tertiary alicyclic amines) is 1. The third-order valence-electron chi connectivity index (χ3n) is 4.08. The number of nitrogens with zero attached hydrogens (tertiary/aromatic N) is 2. The van der Waals surface area contributed by atoms with Crippen molar-refractivity contribution in [2.24, 2.45) is 5.92 Å². The molecular formula is C16H21N3O. The molecule has 4 nitrogen and oxygen atoms in total. The smallest absolute Gasteiger partial charge is 0.225 e. The summed E-state index contributed by atoms with van der Waals surface area (Å²) >= 11 is 0. The first kappa shape index (κ1) is 13.2. The fraction of sp³-hybridized carbons (Fsp3) is 0.500. The molecule has 0 saturated carbocycles. The molecule has 3 heterocycles. The number of hydrogen-bond acceptors (Lipinski definition) is 2. The van der Waals surface area contributed by atoms with E-state index >= 15 is 0 Å². The lowest BCUT2D eigenvalue weighted by molar-refractivity contribution is -0.135. The second kappa shape index (κ2) is 5.27. The standard InChI is InChI=1S/C16H21N3O/c1-11(2)16(20)19-8-4-6-13(10-19)14-9-12-5-3-7-17-15(12)18-14/h3,5,7,9,11,13H,4,6,8,10H2,1-2H3,(H,17,18)/t13-/m1/s1. The first-order valence-electron chi connectivity index (χ1n) is 7.37. The van der Waals surface area contributed by atoms with Crippen LogP contribution in [0.5, 0.6) is 0 Å². The number of aromatic amines is 1. The largest absolute Gasteiger partial charge is 0.343 e. The quantitative estimate of drug-likeness (QED) is 0.913. The van der Waals surface area contributed by atoms with Crippen molar-refractivity contribution in [3.8, 4) is 0 Å². The van der Waals surface area contributed by atoms with Gasteiger partial charge in [0.15, 0.2) is 0 Å². The summed E-state index contributed by atoms with van der Waals surface area (Å²) in [5.74, 6) is 0.753. The summed E-state index contributed by atoms with van der Waals surface area (Å²) in [6, 6.07) is 6.20. The van der Waals surface area contributed by atoms with E-state index in [2.05, 4.69) is 22.1 Å². The first-order chi connectivity index (χ1) is 9.65. The van der Waals surface area contributed by atoms with Crippen LogP contribution in [0, 0.1) is 5.92 Å². The van der Waals surface area contributed by atoms with E-state index in [0.29, 0.717) is 5.92 Å². The average Bonchev–Trinajstić information content (AvgIpc) is 2.90. The number of carbonyl (C=O) groups excluding carboxylic acids is 1. The highest BCUT2D eigenvalue weighted by molar-refractivity contribution is 5.78. The zero-order valence-corrected chi connectivity index (χ0v) is 12.1. The third kappa shape index (κ3) is 2.42. The maximum absolute atomic E-state index is 12.2. The van der Waals surface area contributed by atoms with Gasteiger partial charge in [0.05, 0.1) is 0 Å². The van der Waals surface area contributed by atoms with Gasteiger partial charge in [-0.25, -0.2) is 4.98 Å². The van der Waals surface area contributed by atoms with Crippen molar-refractivity contribution in [1.82, 2.24) is 14.9 Å². The molecule has 1 amide bonds. The number of nitrogens with one attached hydrogen (secondary N) is 1. The molecule has 0 spiro atoms. The van der Waals surface area contributed by atoms with E-state index in [1.165, 1.54) is 5.69 Å². The van der Waals surface area contributed by atoms with Crippen molar-refractivity contribution in [1.29, 1.82) is 0 Å². The predicted octanol–water partition coefficient (Wildman–Crippen LogP) is 2.92. The average molecular weight is 271 g/mol. The Bertz CT molecular complexity index is 584. The van der Waals surface area contributed by atoms with Crippen LogP contribution in [0.4, 0.5) is 0 Å². The Morgan fingerprint density at radius 2 is 2.35 bits per heavy atom. The van der Waals surface area contributed by atoms with Crippen molar-refractivity contribution in [2.75, 3.05) is 13.1 Å². The number of pyridine rings is 1. The summed E-state index contributed by atoms with van der Waals surface area (Å²) in [6.45, 7) is 5.66. The van der Waals surface area contributed by atoms with Crippen molar-refractivity contribution >= 4 is 16.9 Å². The van der Waals surface area contributed by atoms with Crippen molar-refractivity contribution in [3.05, 3.63) is 30.1 Å². The van der Waals surface area contributed by atoms with Crippen LogP contribution in [0.25, 0.3) is 11.0 Å². The van der Waals surface area contributed by atoms with Gasteiger partial charge in [-0.3, -0.25) is 4.79 Å². The molecule has 1 aliphatic heterocycles. The van der Waals surface area contributed by atoms with E-state index in [-0.39, 0.29) is 11.8 Å². The molecule has 4 heteroatoms. The number of H-pyrrole nitrogens is 1. The molecule has 1 aliphatic rings. The minimum atomic E-state index is 0.0816. The van der Waals surface area contributed by atoms with Gasteiger partial charge in [-0.15, -0.1) is 0 Å². The van der Waals surface area contributed by atoms with Gasteiger partial charge in [-0.05, 0) is 31.0 Å². The highest BCUT2D eigenvalue weighted by atomic mass is 16.2. The second-order valence-corrected chi connectivity index (χ2v) is 5.94. The van der Waals surface area contributed by atoms with Gasteiger partial charge in [0, 0.05) is 42.2 Å². The summed E-state index contributed by atoms with van der Waals surface area (Å²) in [5.41, 5.74) is 2.15. The summed E-state index contributed by atoms with van der Waals surface area (Å²) in [7, 11) is 0. The SMILES string of the molecule is CC(C)C(=O)N1CCC[C@@H](c2cc3cccnc3[nH]2)C1. The number of hydrogen-bond donors (Lipinski definition) is 1. The molecule has 2 aromatic heterocycles. The predicted molar refractivity (Wildman–Crippen MR) is 79.5 cm³/mol. The molecule has 0 radical (unpaired) electrons. The molecule has 2 aromatic rings. The van der Waals surface area contributed by atoms with E-state index in [0.717, 1.165) is 37.0 Å². The van der Waals surface area contributed by atoms with Gasteiger partial charge in [0.1, 0.15) is 5.65 Å². The van der Waals surface area contributed by atoms with Gasteiger partial charge in [-0.2, -0.15) is 0 Å². The molecule has 3 rings (SSSR count). The fourth-order valence-corrected chi connectivity index (χ4v) is 3.00. The second-order valence-electron chi connectivity index (χ2n) is 5.94. The maximum Gasteiger partial charge on any atom is 0.225 e. The molecule has 1 saturated heterocycles. The Hall–Kier alpha value is -1.84. The molecule has 0 bridgehead atoms. The number of fused-ring (bicyclic) bond motifs is 1. The van der Waals surface area contributed by atoms with E-state index in [9.17, 15) is 4.79 Å². The van der Waals surface area contributed by atoms with Gasteiger partial charge in [-0.1, -0.05) is 13.8 Å². The Balaban J connectivity index is 1.81. The van der Waals surface area contributed by atoms with E-state index in [1.54, 1.807) is 6.20 Å². The molecule has 0 aliphatic carbocycles. The van der Waals surface area contributed by atoms with Crippen LogP contribution in [-0.4, -0.2) is 33.9 Å². The van der Waals surface area contributed by atoms with Crippen LogP contribution in [0.3, 0.4) is 0 Å². The summed E-state index contributed by atoms with van der Waals surface area (Å²) < 4.78 is 0. The Kier molecular flexibility index (Phi) is 3.47. The lowest BCUT2D eigenvalue weighted by Crippen LogP contribution is -2.41. The molecule has 20 heavy (non-hydrogen) atoms. The minimum Gasteiger partial charge on any atom is -0.343 e. The topological polar surface area (TPSA) is 49.0 Å². The zero-order valence-electron chi connectivity index (χ0n) is 12.1. The molecule has 1 N–H and O–H groups in total. The summed E-state index contributed by atoms with van der Waals surface area (Å²) in [6.07, 6.45) is 4.01. The van der Waals surface area contributed by atoms with Crippen LogP contribution in [0.2, 0.25) is 0 Å². The van der Waals surface area contributed by atoms with Crippen LogP contribution >= 0.6 is 0 Å². The third-order valence-corrected chi connectivity index (χ3v) is 4.08. The molecule has 1 atom stereocenters. The molecule has 1 fully saturated rings. The van der Waals surface area contributed by atoms with Crippen LogP contribution in [-0.2, 0) is 4.79 Å². The van der Waals surface area contributed by atoms with Gasteiger partial charge in [0.2, 0.25) is 5.91 Å². The van der Waals surface area contributed by atoms with Gasteiger partial charge >= 0.3 is 0 Å². The van der Waals surface area contributed by atoms with E-state index < -0.39 is 0 Å². The van der Waals surface area contributed by atoms with E-state index in [1.807, 2.05) is 24.8 Å². The van der Waals surface area contributed by atoms with Crippen molar-refractivity contribution < 1.29 is 4.79 Å². The molecule has 106 valence electrons.